The number of thioether (sulfide) groups is 2. The molecule has 2 heterocycles. The smallest absolute Gasteiger partial charge is 0.326 e. The van der Waals surface area contributed by atoms with Gasteiger partial charge < -0.3 is 56.7 Å². The fourth-order valence-corrected chi connectivity index (χ4v) is 9.46. The summed E-state index contributed by atoms with van der Waals surface area (Å²) in [4.78, 5) is 125. The van der Waals surface area contributed by atoms with Gasteiger partial charge in [-0.1, -0.05) is 94.8 Å². The highest BCUT2D eigenvalue weighted by Crippen LogP contribution is 2.22. The Morgan fingerprint density at radius 3 is 1.60 bits per heavy atom. The van der Waals surface area contributed by atoms with Gasteiger partial charge in [0, 0.05) is 19.4 Å². The Labute approximate surface area is 459 Å². The first-order valence-corrected chi connectivity index (χ1v) is 28.6. The Hall–Kier alpha value is -6.69. The van der Waals surface area contributed by atoms with E-state index >= 15 is 0 Å². The van der Waals surface area contributed by atoms with Crippen LogP contribution in [0.15, 0.2) is 60.7 Å². The number of methoxy groups -OCH3 is 2. The van der Waals surface area contributed by atoms with Gasteiger partial charge >= 0.3 is 18.0 Å². The minimum atomic E-state index is -1.27. The van der Waals surface area contributed by atoms with Crippen molar-refractivity contribution in [3.05, 3.63) is 71.8 Å². The number of rotatable bonds is 32. The number of anilines is 1. The summed E-state index contributed by atoms with van der Waals surface area (Å²) in [6, 6.07) is 8.82. The number of carbonyl (C=O) groups is 8. The molecule has 0 bridgehead atoms. The lowest BCUT2D eigenvalue weighted by molar-refractivity contribution is -0.142. The van der Waals surface area contributed by atoms with Gasteiger partial charge in [-0.25, -0.2) is 4.79 Å². The molecule has 1 aromatic heterocycles. The molecule has 3 aromatic rings. The molecular weight excluding hydrogens is 1030 g/mol. The first kappa shape index (κ1) is 62.8. The number of aliphatic carboxylic acids is 1. The van der Waals surface area contributed by atoms with E-state index in [0.717, 1.165) is 0 Å². The van der Waals surface area contributed by atoms with E-state index in [1.165, 1.54) is 42.6 Å². The van der Waals surface area contributed by atoms with E-state index in [1.54, 1.807) is 74.5 Å². The fourth-order valence-electron chi connectivity index (χ4n) is 8.51. The molecular formula is C53H77N11O11S2. The Balaban J connectivity index is 1.54. The second-order valence-corrected chi connectivity index (χ2v) is 21.2. The van der Waals surface area contributed by atoms with Gasteiger partial charge in [0.1, 0.15) is 48.3 Å². The second kappa shape index (κ2) is 32.1. The Kier molecular flexibility index (Phi) is 26.2. The van der Waals surface area contributed by atoms with Crippen molar-refractivity contribution >= 4 is 76.8 Å². The van der Waals surface area contributed by atoms with Gasteiger partial charge in [-0.15, -0.1) is 4.98 Å². The van der Waals surface area contributed by atoms with Crippen molar-refractivity contribution in [2.45, 2.75) is 134 Å². The minimum Gasteiger partial charge on any atom is -0.480 e. The number of hydrogen-bond donors (Lipinski definition) is 8. The normalized spacial score (nSPS) is 16.2. The third-order valence-electron chi connectivity index (χ3n) is 12.9. The van der Waals surface area contributed by atoms with E-state index in [9.17, 15) is 43.5 Å². The van der Waals surface area contributed by atoms with Crippen LogP contribution in [0.3, 0.4) is 0 Å². The Morgan fingerprint density at radius 1 is 0.649 bits per heavy atom. The molecule has 1 aliphatic heterocycles. The van der Waals surface area contributed by atoms with E-state index in [4.69, 9.17) is 9.47 Å². The van der Waals surface area contributed by atoms with Crippen LogP contribution in [0.4, 0.5) is 5.95 Å². The van der Waals surface area contributed by atoms with E-state index in [0.29, 0.717) is 41.9 Å². The molecule has 2 aromatic carbocycles. The van der Waals surface area contributed by atoms with Crippen molar-refractivity contribution in [3.8, 4) is 12.0 Å². The number of carboxylic acid groups (broad SMARTS) is 1. The molecule has 0 saturated carbocycles. The summed E-state index contributed by atoms with van der Waals surface area (Å²) in [7, 11) is 2.75. The summed E-state index contributed by atoms with van der Waals surface area (Å²) < 4.78 is 10.2. The molecule has 0 aliphatic carbocycles. The molecule has 1 aliphatic rings. The van der Waals surface area contributed by atoms with Crippen LogP contribution in [0.1, 0.15) is 84.3 Å². The molecule has 7 amide bonds. The lowest BCUT2D eigenvalue weighted by atomic mass is 9.97. The molecule has 1 fully saturated rings. The van der Waals surface area contributed by atoms with Crippen molar-refractivity contribution in [3.63, 3.8) is 0 Å². The molecule has 22 nitrogen and oxygen atoms in total. The van der Waals surface area contributed by atoms with Crippen molar-refractivity contribution in [1.29, 1.82) is 0 Å². The predicted octanol–water partition coefficient (Wildman–Crippen LogP) is 2.76. The van der Waals surface area contributed by atoms with Crippen LogP contribution in [0.25, 0.3) is 0 Å². The van der Waals surface area contributed by atoms with Gasteiger partial charge in [-0.05, 0) is 86.0 Å². The van der Waals surface area contributed by atoms with Crippen molar-refractivity contribution in [1.82, 2.24) is 51.8 Å². The van der Waals surface area contributed by atoms with Gasteiger partial charge in [-0.2, -0.15) is 33.5 Å². The summed E-state index contributed by atoms with van der Waals surface area (Å²) in [5.41, 5.74) is 1.38. The molecule has 0 spiro atoms. The number of carbonyl (C=O) groups excluding carboxylic acids is 7. The summed E-state index contributed by atoms with van der Waals surface area (Å²) >= 11 is 2.87. The average molecular weight is 1110 g/mol. The summed E-state index contributed by atoms with van der Waals surface area (Å²) in [5.74, 6) is -5.19. The summed E-state index contributed by atoms with van der Waals surface area (Å²) in [6.07, 6.45) is 5.48. The summed E-state index contributed by atoms with van der Waals surface area (Å²) in [5, 5.41) is 29.6. The number of carboxylic acids is 1. The van der Waals surface area contributed by atoms with Crippen LogP contribution in [0.2, 0.25) is 0 Å². The molecule has 1 saturated heterocycles. The minimum absolute atomic E-state index is 0.00438. The van der Waals surface area contributed by atoms with Crippen LogP contribution in [-0.4, -0.2) is 165 Å². The number of hydrogen-bond acceptors (Lipinski definition) is 16. The Bertz CT molecular complexity index is 2400. The van der Waals surface area contributed by atoms with Crippen LogP contribution in [0, 0.1) is 11.8 Å². The highest BCUT2D eigenvalue weighted by atomic mass is 32.2. The third kappa shape index (κ3) is 20.0. The molecule has 77 heavy (non-hydrogen) atoms. The number of ether oxygens (including phenoxy) is 2. The van der Waals surface area contributed by atoms with E-state index < -0.39 is 102 Å². The maximum atomic E-state index is 14.5. The lowest BCUT2D eigenvalue weighted by Crippen LogP contribution is -2.61. The van der Waals surface area contributed by atoms with Crippen LogP contribution in [0.5, 0.6) is 12.0 Å². The Morgan fingerprint density at radius 2 is 1.12 bits per heavy atom. The van der Waals surface area contributed by atoms with E-state index in [2.05, 4.69) is 52.2 Å². The number of aromatic nitrogens is 3. The molecule has 9 atom stereocenters. The SMILES string of the molecule is CC[C@H](C)[C@H](NC(=O)[C@@H]1CCCN1C(=O)[C@H](C)Nc1nc(OC)nc(OC)n1)C(=O)N[C@@H](CCSC)C(=O)N[C@@H](CC(C)C)C(=O)N[C@@H](Cc1ccccc1)C(=O)N[C@@H](Cc1ccccc1)C(=O)N[C@@H](CCSC)C(=O)O. The van der Waals surface area contributed by atoms with E-state index in [1.807, 2.05) is 33.3 Å². The molecule has 422 valence electrons. The zero-order valence-electron chi connectivity index (χ0n) is 45.5. The van der Waals surface area contributed by atoms with Gasteiger partial charge in [0.2, 0.25) is 47.3 Å². The average Bonchev–Trinajstić information content (AvgIpc) is 3.92. The monoisotopic (exact) mass is 1110 g/mol. The third-order valence-corrected chi connectivity index (χ3v) is 14.2. The van der Waals surface area contributed by atoms with Crippen molar-refractivity contribution in [2.24, 2.45) is 11.8 Å². The molecule has 4 rings (SSSR count). The molecule has 0 unspecified atom stereocenters. The van der Waals surface area contributed by atoms with Crippen LogP contribution in [-0.2, 0) is 51.2 Å². The fraction of sp³-hybridized carbons (Fsp3) is 0.566. The second-order valence-electron chi connectivity index (χ2n) is 19.3. The molecule has 8 N–H and O–H groups in total. The zero-order chi connectivity index (χ0) is 56.6. The standard InChI is InChI=1S/C53H77N11O11S2/c1-10-32(4)42(60-47(69)41-22-17-25-64(41)49(71)33(5)54-51-61-52(74-6)63-53(62-51)75-7)48(70)55-36(23-26-76-8)43(65)57-38(28-31(2)3)44(66)58-40(30-35-20-15-12-16-21-35)46(68)59-39(29-34-18-13-11-14-19-34)45(67)56-37(50(72)73)24-27-77-9/h11-16,18-21,31-33,36-42H,10,17,22-30H2,1-9H3,(H,55,70)(H,56,67)(H,57,65)(H,58,66)(H,59,68)(H,60,69)(H,72,73)(H,54,61,62,63)/t32-,33-,36-,37-,38-,39-,40-,41-,42-/m0/s1. The number of amides is 7. The largest absolute Gasteiger partial charge is 0.480 e. The maximum Gasteiger partial charge on any atom is 0.326 e. The highest BCUT2D eigenvalue weighted by molar-refractivity contribution is 7.98. The van der Waals surface area contributed by atoms with Gasteiger partial charge in [0.05, 0.1) is 14.2 Å². The van der Waals surface area contributed by atoms with Crippen molar-refractivity contribution in [2.75, 3.05) is 50.1 Å². The number of nitrogens with zero attached hydrogens (tertiary/aromatic N) is 4. The summed E-state index contributed by atoms with van der Waals surface area (Å²) in [6.45, 7) is 9.27. The lowest BCUT2D eigenvalue weighted by Gasteiger charge is -2.31. The highest BCUT2D eigenvalue weighted by Gasteiger charge is 2.40. The van der Waals surface area contributed by atoms with E-state index in [-0.39, 0.29) is 62.5 Å². The van der Waals surface area contributed by atoms with Gasteiger partial charge in [0.15, 0.2) is 0 Å². The first-order chi connectivity index (χ1) is 36.8. The maximum absolute atomic E-state index is 14.5. The quantitative estimate of drug-likeness (QED) is 0.0446. The topological polar surface area (TPSA) is 301 Å². The van der Waals surface area contributed by atoms with Gasteiger partial charge in [0.25, 0.3) is 0 Å². The predicted molar refractivity (Wildman–Crippen MR) is 295 cm³/mol. The number of benzene rings is 2. The number of nitrogens with one attached hydrogen (secondary N) is 7. The molecule has 0 radical (unpaired) electrons. The van der Waals surface area contributed by atoms with Crippen molar-refractivity contribution < 1.29 is 52.9 Å². The van der Waals surface area contributed by atoms with Gasteiger partial charge in [-0.3, -0.25) is 33.6 Å². The first-order valence-electron chi connectivity index (χ1n) is 25.8. The zero-order valence-corrected chi connectivity index (χ0v) is 47.1. The van der Waals surface area contributed by atoms with Crippen LogP contribution < -0.4 is 46.7 Å². The number of likely N-dealkylation sites (tertiary alicyclic amines) is 1. The molecule has 24 heteroatoms. The van der Waals surface area contributed by atoms with Crippen LogP contribution >= 0.6 is 23.5 Å².